The van der Waals surface area contributed by atoms with Crippen molar-refractivity contribution in [3.63, 3.8) is 0 Å². The minimum absolute atomic E-state index is 0.0888. The number of hydrogen-bond donors (Lipinski definition) is 13. The molecule has 0 aromatic rings. The number of nitrogens with zero attached hydrogens (tertiary/aromatic N) is 1. The molecule has 0 saturated heterocycles. The van der Waals surface area contributed by atoms with E-state index in [2.05, 4.69) is 36.9 Å². The van der Waals surface area contributed by atoms with E-state index in [9.17, 15) is 53.7 Å². The Hall–Kier alpha value is -5.09. The van der Waals surface area contributed by atoms with Crippen molar-refractivity contribution < 1.29 is 53.7 Å². The van der Waals surface area contributed by atoms with Crippen LogP contribution in [0.3, 0.4) is 0 Å². The summed E-state index contributed by atoms with van der Waals surface area (Å²) in [6, 6.07) is -9.54. The fourth-order valence-electron chi connectivity index (χ4n) is 5.33. The summed E-state index contributed by atoms with van der Waals surface area (Å²) in [6.45, 7) is 9.58. The van der Waals surface area contributed by atoms with Gasteiger partial charge in [0.15, 0.2) is 5.96 Å². The standard InChI is InChI=1S/C35H65N11O11/c1-17(2)14-22(29(51)45-26(18(3)4)32(54)41-21(34(56)57)11-7-8-12-36)43-33(55)27(19(5)6)46-30(52)23(15-25(48)49)42-31(53)24(16-47)44-28(50)20(37)10-9-13-40-35(38)39/h17-24,26-27,47H,7-16,36-37H2,1-6H3,(H,41,54)(H,42,53)(H,43,55)(H,44,50)(H,45,51)(H,46,52)(H,48,49)(H,56,57)(H4,38,39,40)/t20-,21-,22-,23-,24-,26-,27-/m0/s1. The van der Waals surface area contributed by atoms with E-state index in [-0.39, 0.29) is 37.7 Å². The lowest BCUT2D eigenvalue weighted by Gasteiger charge is -2.29. The minimum Gasteiger partial charge on any atom is -0.481 e. The number of unbranched alkanes of at least 4 members (excludes halogenated alkanes) is 1. The fourth-order valence-corrected chi connectivity index (χ4v) is 5.33. The SMILES string of the molecule is CC(C)C[C@H](NC(=O)[C@@H](NC(=O)[C@H](CC(=O)O)NC(=O)[C@H](CO)NC(=O)[C@@H](N)CCCN=C(N)N)C(C)C)C(=O)N[C@H](C(=O)N[C@@H](CCCCN)C(=O)O)C(C)C. The molecule has 0 aliphatic rings. The number of rotatable bonds is 28. The van der Waals surface area contributed by atoms with Crippen molar-refractivity contribution in [2.75, 3.05) is 19.7 Å². The molecular formula is C35H65N11O11. The number of amides is 6. The molecule has 22 nitrogen and oxygen atoms in total. The molecule has 0 bridgehead atoms. The van der Waals surface area contributed by atoms with Gasteiger partial charge >= 0.3 is 11.9 Å². The van der Waals surface area contributed by atoms with Gasteiger partial charge in [-0.15, -0.1) is 0 Å². The monoisotopic (exact) mass is 815 g/mol. The van der Waals surface area contributed by atoms with Crippen LogP contribution in [-0.2, 0) is 38.4 Å². The molecule has 326 valence electrons. The quantitative estimate of drug-likeness (QED) is 0.0205. The first-order valence-corrected chi connectivity index (χ1v) is 18.9. The number of guanidine groups is 1. The smallest absolute Gasteiger partial charge is 0.326 e. The summed E-state index contributed by atoms with van der Waals surface area (Å²) in [7, 11) is 0. The van der Waals surface area contributed by atoms with Crippen LogP contribution < -0.4 is 54.8 Å². The zero-order valence-electron chi connectivity index (χ0n) is 33.7. The number of carbonyl (C=O) groups is 8. The second-order valence-electron chi connectivity index (χ2n) is 14.8. The molecule has 0 heterocycles. The van der Waals surface area contributed by atoms with Crippen LogP contribution in [0.4, 0.5) is 0 Å². The summed E-state index contributed by atoms with van der Waals surface area (Å²) in [5.41, 5.74) is 21.9. The van der Waals surface area contributed by atoms with E-state index in [4.69, 9.17) is 22.9 Å². The summed E-state index contributed by atoms with van der Waals surface area (Å²) < 4.78 is 0. The van der Waals surface area contributed by atoms with Gasteiger partial charge in [-0.3, -0.25) is 38.6 Å². The third kappa shape index (κ3) is 20.6. The van der Waals surface area contributed by atoms with Crippen molar-refractivity contribution in [1.29, 1.82) is 0 Å². The van der Waals surface area contributed by atoms with E-state index in [1.165, 1.54) is 0 Å². The van der Waals surface area contributed by atoms with Gasteiger partial charge in [0.1, 0.15) is 36.3 Å². The van der Waals surface area contributed by atoms with Gasteiger partial charge in [-0.05, 0) is 62.8 Å². The Kier molecular flexibility index (Phi) is 24.3. The Labute approximate surface area is 332 Å². The topological polar surface area (TPSA) is 386 Å². The second-order valence-corrected chi connectivity index (χ2v) is 14.8. The number of aliphatic imine (C=N–C) groups is 1. The zero-order chi connectivity index (χ0) is 44.0. The highest BCUT2D eigenvalue weighted by Crippen LogP contribution is 2.12. The van der Waals surface area contributed by atoms with Gasteiger partial charge in [0, 0.05) is 6.54 Å². The first kappa shape index (κ1) is 51.9. The molecule has 0 spiro atoms. The van der Waals surface area contributed by atoms with Crippen molar-refractivity contribution in [3.05, 3.63) is 0 Å². The van der Waals surface area contributed by atoms with Crippen LogP contribution in [0.25, 0.3) is 0 Å². The molecule has 6 amide bonds. The lowest BCUT2D eigenvalue weighted by Crippen LogP contribution is -2.61. The van der Waals surface area contributed by atoms with Crippen molar-refractivity contribution in [1.82, 2.24) is 31.9 Å². The number of hydrogen-bond acceptors (Lipinski definition) is 12. The van der Waals surface area contributed by atoms with E-state index in [1.807, 2.05) is 0 Å². The Morgan fingerprint density at radius 2 is 1.07 bits per heavy atom. The largest absolute Gasteiger partial charge is 0.481 e. The first-order chi connectivity index (χ1) is 26.5. The Morgan fingerprint density at radius 1 is 0.596 bits per heavy atom. The van der Waals surface area contributed by atoms with Gasteiger partial charge in [-0.2, -0.15) is 0 Å². The molecule has 22 heteroatoms. The van der Waals surface area contributed by atoms with E-state index < -0.39 is 115 Å². The highest BCUT2D eigenvalue weighted by molar-refractivity contribution is 5.98. The Bertz CT molecular complexity index is 1390. The lowest BCUT2D eigenvalue weighted by molar-refractivity contribution is -0.143. The molecule has 0 fully saturated rings. The van der Waals surface area contributed by atoms with Gasteiger partial charge in [-0.25, -0.2) is 4.79 Å². The highest BCUT2D eigenvalue weighted by Gasteiger charge is 2.36. The lowest BCUT2D eigenvalue weighted by atomic mass is 9.98. The summed E-state index contributed by atoms with van der Waals surface area (Å²) in [6.07, 6.45) is 0.696. The van der Waals surface area contributed by atoms with E-state index in [1.54, 1.807) is 41.5 Å². The summed E-state index contributed by atoms with van der Waals surface area (Å²) in [5, 5.41) is 43.5. The number of carboxylic acids is 2. The average molecular weight is 816 g/mol. The maximum Gasteiger partial charge on any atom is 0.326 e. The predicted molar refractivity (Wildman–Crippen MR) is 208 cm³/mol. The maximum atomic E-state index is 13.7. The third-order valence-corrected chi connectivity index (χ3v) is 8.53. The van der Waals surface area contributed by atoms with Crippen LogP contribution >= 0.6 is 0 Å². The van der Waals surface area contributed by atoms with Crippen molar-refractivity contribution in [2.45, 2.75) is 129 Å². The van der Waals surface area contributed by atoms with Crippen LogP contribution in [0.1, 0.15) is 86.5 Å². The molecule has 0 aromatic heterocycles. The molecule has 17 N–H and O–H groups in total. The van der Waals surface area contributed by atoms with Gasteiger partial charge in [0.25, 0.3) is 0 Å². The fraction of sp³-hybridized carbons (Fsp3) is 0.743. The molecule has 0 aliphatic heterocycles. The van der Waals surface area contributed by atoms with E-state index >= 15 is 0 Å². The van der Waals surface area contributed by atoms with E-state index in [0.717, 1.165) is 0 Å². The number of aliphatic hydroxyl groups is 1. The van der Waals surface area contributed by atoms with Crippen molar-refractivity contribution in [3.8, 4) is 0 Å². The summed E-state index contributed by atoms with van der Waals surface area (Å²) in [4.78, 5) is 107. The van der Waals surface area contributed by atoms with Crippen LogP contribution in [0.2, 0.25) is 0 Å². The average Bonchev–Trinajstić information content (AvgIpc) is 3.10. The van der Waals surface area contributed by atoms with Gasteiger partial charge in [-0.1, -0.05) is 41.5 Å². The number of carboxylic acid groups (broad SMARTS) is 2. The highest BCUT2D eigenvalue weighted by atomic mass is 16.4. The zero-order valence-corrected chi connectivity index (χ0v) is 33.7. The van der Waals surface area contributed by atoms with E-state index in [0.29, 0.717) is 25.8 Å². The number of nitrogens with one attached hydrogen (secondary N) is 6. The number of aliphatic carboxylic acids is 2. The second kappa shape index (κ2) is 26.7. The molecular weight excluding hydrogens is 750 g/mol. The number of carbonyl (C=O) groups excluding carboxylic acids is 6. The van der Waals surface area contributed by atoms with Crippen LogP contribution in [-0.4, -0.2) is 131 Å². The Balaban J connectivity index is 6.00. The van der Waals surface area contributed by atoms with Gasteiger partial charge in [0.2, 0.25) is 35.4 Å². The first-order valence-electron chi connectivity index (χ1n) is 18.9. The number of nitrogens with two attached hydrogens (primary N) is 4. The predicted octanol–water partition coefficient (Wildman–Crippen LogP) is -3.69. The molecule has 57 heavy (non-hydrogen) atoms. The molecule has 0 aliphatic carbocycles. The van der Waals surface area contributed by atoms with Crippen molar-refractivity contribution in [2.24, 2.45) is 45.7 Å². The van der Waals surface area contributed by atoms with Gasteiger partial charge in [0.05, 0.1) is 19.1 Å². The Morgan fingerprint density at radius 3 is 1.51 bits per heavy atom. The minimum atomic E-state index is -1.78. The summed E-state index contributed by atoms with van der Waals surface area (Å²) >= 11 is 0. The van der Waals surface area contributed by atoms with Gasteiger partial charge < -0.3 is 70.2 Å². The van der Waals surface area contributed by atoms with Crippen LogP contribution in [0, 0.1) is 17.8 Å². The summed E-state index contributed by atoms with van der Waals surface area (Å²) in [5.74, 6) is -9.57. The normalized spacial score (nSPS) is 14.9. The maximum absolute atomic E-state index is 13.7. The molecule has 0 saturated carbocycles. The number of aliphatic hydroxyl groups excluding tert-OH is 1. The third-order valence-electron chi connectivity index (χ3n) is 8.53. The molecule has 7 atom stereocenters. The molecule has 0 unspecified atom stereocenters. The molecule has 0 aromatic carbocycles. The van der Waals surface area contributed by atoms with Crippen LogP contribution in [0.5, 0.6) is 0 Å². The molecule has 0 rings (SSSR count). The van der Waals surface area contributed by atoms with Crippen LogP contribution in [0.15, 0.2) is 4.99 Å². The van der Waals surface area contributed by atoms with Crippen molar-refractivity contribution >= 4 is 53.3 Å². The molecule has 0 radical (unpaired) electrons.